The van der Waals surface area contributed by atoms with Crippen molar-refractivity contribution in [2.24, 2.45) is 0 Å². The van der Waals surface area contributed by atoms with Gasteiger partial charge in [0.2, 0.25) is 0 Å². The molecule has 0 aliphatic carbocycles. The van der Waals surface area contributed by atoms with Crippen molar-refractivity contribution in [2.45, 2.75) is 0 Å². The van der Waals surface area contributed by atoms with E-state index in [1.165, 1.54) is 0 Å². The van der Waals surface area contributed by atoms with Crippen molar-refractivity contribution in [3.63, 3.8) is 0 Å². The van der Waals surface area contributed by atoms with Crippen LogP contribution in [0.4, 0.5) is 11.4 Å². The molecule has 3 aromatic heterocycles. The molecule has 2 N–H and O–H groups in total. The number of hydrogen-bond acceptors (Lipinski definition) is 6. The number of carbonyl (C=O) groups excluding carboxylic acids is 1. The molecule has 1 aliphatic heterocycles. The largest absolute Gasteiger partial charge is 0.367 e. The van der Waals surface area contributed by atoms with Gasteiger partial charge in [-0.05, 0) is 36.9 Å². The van der Waals surface area contributed by atoms with Gasteiger partial charge in [-0.2, -0.15) is 5.10 Å². The molecule has 8 nitrogen and oxygen atoms in total. The molecule has 156 valence electrons. The number of likely N-dealkylation sites (N-methyl/N-ethyl adjacent to an activating group) is 1. The number of nitrogens with one attached hydrogen (secondary N) is 2. The summed E-state index contributed by atoms with van der Waals surface area (Å²) in [6, 6.07) is 11.7. The number of aromatic nitrogens is 4. The lowest BCUT2D eigenvalue weighted by molar-refractivity contribution is 0.102. The van der Waals surface area contributed by atoms with Crippen molar-refractivity contribution < 1.29 is 4.79 Å². The molecule has 31 heavy (non-hydrogen) atoms. The highest BCUT2D eigenvalue weighted by Crippen LogP contribution is 2.28. The predicted octanol–water partition coefficient (Wildman–Crippen LogP) is 3.02. The summed E-state index contributed by atoms with van der Waals surface area (Å²) in [5.74, 6) is -0.266. The SMILES string of the molecule is CN1CCN(c2ccncc2NC(=O)c2n[nH]c3ccc(-c4cccnc4)cc23)CC1. The first-order valence-corrected chi connectivity index (χ1v) is 10.3. The van der Waals surface area contributed by atoms with Gasteiger partial charge in [-0.25, -0.2) is 0 Å². The Kier molecular flexibility index (Phi) is 5.05. The van der Waals surface area contributed by atoms with Crippen LogP contribution in [0.2, 0.25) is 0 Å². The predicted molar refractivity (Wildman–Crippen MR) is 121 cm³/mol. The van der Waals surface area contributed by atoms with Gasteiger partial charge in [-0.15, -0.1) is 0 Å². The van der Waals surface area contributed by atoms with Crippen LogP contribution < -0.4 is 10.2 Å². The van der Waals surface area contributed by atoms with E-state index >= 15 is 0 Å². The van der Waals surface area contributed by atoms with Crippen molar-refractivity contribution in [3.05, 3.63) is 66.9 Å². The molecule has 1 saturated heterocycles. The fourth-order valence-electron chi connectivity index (χ4n) is 3.89. The minimum Gasteiger partial charge on any atom is -0.367 e. The van der Waals surface area contributed by atoms with Gasteiger partial charge >= 0.3 is 0 Å². The highest BCUT2D eigenvalue weighted by Gasteiger charge is 2.20. The Morgan fingerprint density at radius 3 is 2.65 bits per heavy atom. The summed E-state index contributed by atoms with van der Waals surface area (Å²) in [7, 11) is 2.12. The maximum absolute atomic E-state index is 13.2. The van der Waals surface area contributed by atoms with Gasteiger partial charge in [-0.1, -0.05) is 12.1 Å². The van der Waals surface area contributed by atoms with Gasteiger partial charge in [-0.3, -0.25) is 19.9 Å². The molecule has 4 aromatic rings. The standard InChI is InChI=1S/C23H23N7O/c1-29-9-11-30(12-10-29)21-6-8-25-15-20(21)26-23(31)22-18-13-16(4-5-19(18)27-28-22)17-3-2-7-24-14-17/h2-8,13-15H,9-12H2,1H3,(H,26,31)(H,27,28). The molecule has 0 saturated carbocycles. The molecular weight excluding hydrogens is 390 g/mol. The lowest BCUT2D eigenvalue weighted by Gasteiger charge is -2.34. The molecule has 4 heterocycles. The van der Waals surface area contributed by atoms with E-state index in [1.807, 2.05) is 36.4 Å². The van der Waals surface area contributed by atoms with Gasteiger partial charge in [0.15, 0.2) is 5.69 Å². The Bertz CT molecular complexity index is 1210. The Labute approximate surface area is 179 Å². The molecule has 0 unspecified atom stereocenters. The second-order valence-electron chi connectivity index (χ2n) is 7.71. The summed E-state index contributed by atoms with van der Waals surface area (Å²) >= 11 is 0. The molecule has 1 aromatic carbocycles. The number of benzene rings is 1. The average molecular weight is 413 g/mol. The van der Waals surface area contributed by atoms with Gasteiger partial charge in [0.1, 0.15) is 0 Å². The van der Waals surface area contributed by atoms with Crippen LogP contribution in [0.5, 0.6) is 0 Å². The third-order valence-corrected chi connectivity index (χ3v) is 5.66. The smallest absolute Gasteiger partial charge is 0.276 e. The zero-order chi connectivity index (χ0) is 21.2. The van der Waals surface area contributed by atoms with E-state index in [4.69, 9.17) is 0 Å². The summed E-state index contributed by atoms with van der Waals surface area (Å²) in [4.78, 5) is 26.1. The maximum Gasteiger partial charge on any atom is 0.276 e. The average Bonchev–Trinajstić information content (AvgIpc) is 3.24. The van der Waals surface area contributed by atoms with E-state index in [0.29, 0.717) is 11.4 Å². The van der Waals surface area contributed by atoms with E-state index in [1.54, 1.807) is 24.8 Å². The number of carbonyl (C=O) groups is 1. The second kappa shape index (κ2) is 8.16. The molecule has 1 amide bonds. The highest BCUT2D eigenvalue weighted by atomic mass is 16.2. The highest BCUT2D eigenvalue weighted by molar-refractivity contribution is 6.12. The van der Waals surface area contributed by atoms with Crippen LogP contribution in [-0.4, -0.2) is 64.2 Å². The number of hydrogen-bond donors (Lipinski definition) is 2. The van der Waals surface area contributed by atoms with Gasteiger partial charge in [0, 0.05) is 55.7 Å². The van der Waals surface area contributed by atoms with Crippen molar-refractivity contribution in [1.29, 1.82) is 0 Å². The summed E-state index contributed by atoms with van der Waals surface area (Å²) in [6.07, 6.45) is 7.00. The van der Waals surface area contributed by atoms with E-state index < -0.39 is 0 Å². The third kappa shape index (κ3) is 3.85. The van der Waals surface area contributed by atoms with Crippen LogP contribution in [-0.2, 0) is 0 Å². The zero-order valence-corrected chi connectivity index (χ0v) is 17.2. The van der Waals surface area contributed by atoms with E-state index in [0.717, 1.165) is 53.9 Å². The van der Waals surface area contributed by atoms with Crippen LogP contribution in [0.15, 0.2) is 61.2 Å². The molecular formula is C23H23N7O. The number of aromatic amines is 1. The van der Waals surface area contributed by atoms with Crippen LogP contribution in [0.25, 0.3) is 22.0 Å². The number of pyridine rings is 2. The fraction of sp³-hybridized carbons (Fsp3) is 0.217. The molecule has 1 fully saturated rings. The molecule has 5 rings (SSSR count). The Morgan fingerprint density at radius 2 is 1.84 bits per heavy atom. The number of nitrogens with zero attached hydrogens (tertiary/aromatic N) is 5. The molecule has 0 radical (unpaired) electrons. The zero-order valence-electron chi connectivity index (χ0n) is 17.2. The first-order chi connectivity index (χ1) is 15.2. The van der Waals surface area contributed by atoms with Crippen molar-refractivity contribution >= 4 is 28.2 Å². The van der Waals surface area contributed by atoms with E-state index in [-0.39, 0.29) is 5.91 Å². The van der Waals surface area contributed by atoms with Gasteiger partial charge in [0.05, 0.1) is 23.1 Å². The molecule has 0 spiro atoms. The van der Waals surface area contributed by atoms with Crippen molar-refractivity contribution in [1.82, 2.24) is 25.1 Å². The number of H-pyrrole nitrogens is 1. The number of anilines is 2. The molecule has 0 atom stereocenters. The van der Waals surface area contributed by atoms with Gasteiger partial charge in [0.25, 0.3) is 5.91 Å². The van der Waals surface area contributed by atoms with E-state index in [9.17, 15) is 4.79 Å². The maximum atomic E-state index is 13.2. The minimum absolute atomic E-state index is 0.266. The van der Waals surface area contributed by atoms with Crippen LogP contribution in [0.1, 0.15) is 10.5 Å². The summed E-state index contributed by atoms with van der Waals surface area (Å²) in [5, 5.41) is 11.0. The lowest BCUT2D eigenvalue weighted by Crippen LogP contribution is -2.44. The lowest BCUT2D eigenvalue weighted by atomic mass is 10.0. The summed E-state index contributed by atoms with van der Waals surface area (Å²) in [5.41, 5.74) is 4.80. The summed E-state index contributed by atoms with van der Waals surface area (Å²) in [6.45, 7) is 3.78. The summed E-state index contributed by atoms with van der Waals surface area (Å²) < 4.78 is 0. The molecule has 1 aliphatic rings. The van der Waals surface area contributed by atoms with Crippen molar-refractivity contribution in [2.75, 3.05) is 43.4 Å². The fourth-order valence-corrected chi connectivity index (χ4v) is 3.89. The Hall–Kier alpha value is -3.78. The first kappa shape index (κ1) is 19.2. The van der Waals surface area contributed by atoms with Crippen molar-refractivity contribution in [3.8, 4) is 11.1 Å². The Morgan fingerprint density at radius 1 is 1.00 bits per heavy atom. The minimum atomic E-state index is -0.266. The molecule has 8 heteroatoms. The van der Waals surface area contributed by atoms with E-state index in [2.05, 4.69) is 42.3 Å². The number of rotatable bonds is 4. The number of fused-ring (bicyclic) bond motifs is 1. The number of piperazine rings is 1. The van der Waals surface area contributed by atoms with Gasteiger partial charge < -0.3 is 15.1 Å². The molecule has 0 bridgehead atoms. The van der Waals surface area contributed by atoms with Crippen LogP contribution in [0, 0.1) is 0 Å². The topological polar surface area (TPSA) is 90.0 Å². The second-order valence-corrected chi connectivity index (χ2v) is 7.71. The number of amides is 1. The third-order valence-electron chi connectivity index (χ3n) is 5.66. The van der Waals surface area contributed by atoms with Crippen LogP contribution in [0.3, 0.4) is 0 Å². The van der Waals surface area contributed by atoms with Crippen LogP contribution >= 0.6 is 0 Å². The quantitative estimate of drug-likeness (QED) is 0.535. The normalized spacial score (nSPS) is 14.7. The Balaban J connectivity index is 1.44. The monoisotopic (exact) mass is 413 g/mol. The first-order valence-electron chi connectivity index (χ1n) is 10.3.